The first-order valence-electron chi connectivity index (χ1n) is 9.45. The number of benzene rings is 1. The van der Waals surface area contributed by atoms with Crippen LogP contribution in [0.15, 0.2) is 30.3 Å². The van der Waals surface area contributed by atoms with Gasteiger partial charge in [-0.3, -0.25) is 4.79 Å². The van der Waals surface area contributed by atoms with Gasteiger partial charge in [0.25, 0.3) is 0 Å². The molecule has 0 unspecified atom stereocenters. The van der Waals surface area contributed by atoms with Gasteiger partial charge in [-0.05, 0) is 56.7 Å². The van der Waals surface area contributed by atoms with Crippen molar-refractivity contribution < 1.29 is 9.53 Å². The van der Waals surface area contributed by atoms with Crippen LogP contribution < -0.4 is 5.32 Å². The molecule has 1 aromatic rings. The molecule has 2 saturated heterocycles. The summed E-state index contributed by atoms with van der Waals surface area (Å²) in [4.78, 5) is 14.4. The lowest BCUT2D eigenvalue weighted by Gasteiger charge is -2.32. The molecular weight excluding hydrogens is 300 g/mol. The molecule has 132 valence electrons. The van der Waals surface area contributed by atoms with Crippen molar-refractivity contribution in [3.8, 4) is 0 Å². The molecule has 3 rings (SSSR count). The van der Waals surface area contributed by atoms with Crippen LogP contribution in [0.2, 0.25) is 0 Å². The summed E-state index contributed by atoms with van der Waals surface area (Å²) in [7, 11) is 0. The Hall–Kier alpha value is -1.39. The van der Waals surface area contributed by atoms with Crippen molar-refractivity contribution in [2.45, 2.75) is 51.2 Å². The maximum Gasteiger partial charge on any atom is 0.222 e. The average Bonchev–Trinajstić information content (AvgIpc) is 2.66. The summed E-state index contributed by atoms with van der Waals surface area (Å²) in [5, 5.41) is 3.39. The van der Waals surface area contributed by atoms with Crippen molar-refractivity contribution in [2.75, 3.05) is 26.2 Å². The lowest BCUT2D eigenvalue weighted by molar-refractivity contribution is -0.134. The van der Waals surface area contributed by atoms with Gasteiger partial charge in [0.15, 0.2) is 0 Å². The first-order valence-corrected chi connectivity index (χ1v) is 9.45. The maximum absolute atomic E-state index is 12.4. The van der Waals surface area contributed by atoms with Crippen LogP contribution in [0.3, 0.4) is 0 Å². The van der Waals surface area contributed by atoms with Crippen LogP contribution in [0.25, 0.3) is 0 Å². The Bertz CT molecular complexity index is 492. The third-order valence-corrected chi connectivity index (χ3v) is 5.35. The van der Waals surface area contributed by atoms with Gasteiger partial charge in [-0.1, -0.05) is 30.3 Å². The van der Waals surface area contributed by atoms with Crippen LogP contribution in [0.4, 0.5) is 0 Å². The minimum Gasteiger partial charge on any atom is -0.373 e. The van der Waals surface area contributed by atoms with Crippen LogP contribution >= 0.6 is 0 Å². The van der Waals surface area contributed by atoms with Crippen molar-refractivity contribution in [3.63, 3.8) is 0 Å². The maximum atomic E-state index is 12.4. The predicted octanol–water partition coefficient (Wildman–Crippen LogP) is 2.97. The summed E-state index contributed by atoms with van der Waals surface area (Å²) < 4.78 is 6.01. The number of amides is 1. The molecule has 0 aromatic heterocycles. The molecule has 0 saturated carbocycles. The lowest BCUT2D eigenvalue weighted by Crippen LogP contribution is -2.41. The molecule has 2 fully saturated rings. The Labute approximate surface area is 145 Å². The summed E-state index contributed by atoms with van der Waals surface area (Å²) >= 11 is 0. The van der Waals surface area contributed by atoms with Gasteiger partial charge in [0.1, 0.15) is 0 Å². The SMILES string of the molecule is O=C(CCC1CCNCC1)N1CCC(OCc2ccccc2)CC1. The summed E-state index contributed by atoms with van der Waals surface area (Å²) in [5.74, 6) is 1.08. The number of carbonyl (C=O) groups excluding carboxylic acids is 1. The number of ether oxygens (including phenoxy) is 1. The van der Waals surface area contributed by atoms with Crippen LogP contribution in [-0.4, -0.2) is 43.1 Å². The van der Waals surface area contributed by atoms with Gasteiger partial charge in [0.05, 0.1) is 12.7 Å². The second-order valence-corrected chi connectivity index (χ2v) is 7.11. The number of piperidine rings is 2. The molecule has 2 aliphatic rings. The zero-order valence-corrected chi connectivity index (χ0v) is 14.6. The molecule has 2 heterocycles. The second kappa shape index (κ2) is 9.19. The van der Waals surface area contributed by atoms with Gasteiger partial charge in [0, 0.05) is 19.5 Å². The van der Waals surface area contributed by atoms with E-state index >= 15 is 0 Å². The minimum atomic E-state index is 0.290. The molecule has 4 heteroatoms. The Morgan fingerprint density at radius 2 is 1.79 bits per heavy atom. The molecular formula is C20H30N2O2. The fraction of sp³-hybridized carbons (Fsp3) is 0.650. The van der Waals surface area contributed by atoms with Gasteiger partial charge in [0.2, 0.25) is 5.91 Å². The lowest BCUT2D eigenvalue weighted by atomic mass is 9.93. The topological polar surface area (TPSA) is 41.6 Å². The number of carbonyl (C=O) groups is 1. The first-order chi connectivity index (χ1) is 11.8. The fourth-order valence-corrected chi connectivity index (χ4v) is 3.72. The quantitative estimate of drug-likeness (QED) is 0.872. The van der Waals surface area contributed by atoms with Gasteiger partial charge < -0.3 is 15.0 Å². The Balaban J connectivity index is 1.33. The van der Waals surface area contributed by atoms with Crippen LogP contribution in [0, 0.1) is 5.92 Å². The molecule has 0 bridgehead atoms. The summed E-state index contributed by atoms with van der Waals surface area (Å²) in [6, 6.07) is 10.3. The number of nitrogens with zero attached hydrogens (tertiary/aromatic N) is 1. The normalized spacial score (nSPS) is 20.2. The van der Waals surface area contributed by atoms with Crippen molar-refractivity contribution >= 4 is 5.91 Å². The third-order valence-electron chi connectivity index (χ3n) is 5.35. The van der Waals surface area contributed by atoms with Crippen molar-refractivity contribution in [2.24, 2.45) is 5.92 Å². The molecule has 24 heavy (non-hydrogen) atoms. The molecule has 0 radical (unpaired) electrons. The fourth-order valence-electron chi connectivity index (χ4n) is 3.72. The van der Waals surface area contributed by atoms with Crippen LogP contribution in [-0.2, 0) is 16.1 Å². The van der Waals surface area contributed by atoms with Gasteiger partial charge in [-0.15, -0.1) is 0 Å². The smallest absolute Gasteiger partial charge is 0.222 e. The molecule has 0 spiro atoms. The molecule has 1 N–H and O–H groups in total. The largest absolute Gasteiger partial charge is 0.373 e. The highest BCUT2D eigenvalue weighted by atomic mass is 16.5. The highest BCUT2D eigenvalue weighted by Gasteiger charge is 2.24. The van der Waals surface area contributed by atoms with Gasteiger partial charge >= 0.3 is 0 Å². The Morgan fingerprint density at radius 3 is 2.50 bits per heavy atom. The zero-order chi connectivity index (χ0) is 16.6. The van der Waals surface area contributed by atoms with E-state index in [0.29, 0.717) is 18.6 Å². The van der Waals surface area contributed by atoms with Crippen molar-refractivity contribution in [3.05, 3.63) is 35.9 Å². The summed E-state index contributed by atoms with van der Waals surface area (Å²) in [6.45, 7) is 4.61. The molecule has 4 nitrogen and oxygen atoms in total. The van der Waals surface area contributed by atoms with E-state index in [0.717, 1.165) is 57.8 Å². The predicted molar refractivity (Wildman–Crippen MR) is 95.7 cm³/mol. The van der Waals surface area contributed by atoms with Crippen LogP contribution in [0.1, 0.15) is 44.1 Å². The summed E-state index contributed by atoms with van der Waals surface area (Å²) in [5.41, 5.74) is 1.22. The monoisotopic (exact) mass is 330 g/mol. The Morgan fingerprint density at radius 1 is 1.08 bits per heavy atom. The van der Waals surface area contributed by atoms with E-state index in [1.165, 1.54) is 18.4 Å². The van der Waals surface area contributed by atoms with Gasteiger partial charge in [-0.2, -0.15) is 0 Å². The number of hydrogen-bond acceptors (Lipinski definition) is 3. The highest BCUT2D eigenvalue weighted by molar-refractivity contribution is 5.76. The zero-order valence-electron chi connectivity index (χ0n) is 14.6. The molecule has 1 amide bonds. The van der Waals surface area contributed by atoms with E-state index in [1.54, 1.807) is 0 Å². The van der Waals surface area contributed by atoms with Gasteiger partial charge in [-0.25, -0.2) is 0 Å². The summed E-state index contributed by atoms with van der Waals surface area (Å²) in [6.07, 6.45) is 6.45. The first kappa shape index (κ1) is 17.4. The molecule has 1 aromatic carbocycles. The second-order valence-electron chi connectivity index (χ2n) is 7.11. The van der Waals surface area contributed by atoms with E-state index in [2.05, 4.69) is 17.4 Å². The Kier molecular flexibility index (Phi) is 6.67. The van der Waals surface area contributed by atoms with E-state index in [1.807, 2.05) is 23.1 Å². The van der Waals surface area contributed by atoms with E-state index in [9.17, 15) is 4.79 Å². The minimum absolute atomic E-state index is 0.290. The third kappa shape index (κ3) is 5.32. The highest BCUT2D eigenvalue weighted by Crippen LogP contribution is 2.20. The number of hydrogen-bond donors (Lipinski definition) is 1. The average molecular weight is 330 g/mol. The van der Waals surface area contributed by atoms with Crippen molar-refractivity contribution in [1.82, 2.24) is 10.2 Å². The number of likely N-dealkylation sites (tertiary alicyclic amines) is 1. The number of rotatable bonds is 6. The molecule has 0 atom stereocenters. The standard InChI is InChI=1S/C20H30N2O2/c23-20(7-6-17-8-12-21-13-9-17)22-14-10-19(11-15-22)24-16-18-4-2-1-3-5-18/h1-5,17,19,21H,6-16H2. The molecule has 2 aliphatic heterocycles. The van der Waals surface area contributed by atoms with E-state index in [-0.39, 0.29) is 0 Å². The van der Waals surface area contributed by atoms with Crippen molar-refractivity contribution in [1.29, 1.82) is 0 Å². The van der Waals surface area contributed by atoms with E-state index in [4.69, 9.17) is 4.74 Å². The molecule has 0 aliphatic carbocycles. The van der Waals surface area contributed by atoms with E-state index < -0.39 is 0 Å². The number of nitrogens with one attached hydrogen (secondary N) is 1. The van der Waals surface area contributed by atoms with Crippen LogP contribution in [0.5, 0.6) is 0 Å².